The second-order valence-electron chi connectivity index (χ2n) is 11.2. The highest BCUT2D eigenvalue weighted by Gasteiger charge is 2.39. The number of nitrogens with zero attached hydrogens (tertiary/aromatic N) is 3. The highest BCUT2D eigenvalue weighted by molar-refractivity contribution is 6.74. The topological polar surface area (TPSA) is 54.3 Å². The Hall–Kier alpha value is -4.03. The van der Waals surface area contributed by atoms with Crippen LogP contribution in [0.5, 0.6) is 5.75 Å². The molecule has 3 aromatic carbocycles. The van der Waals surface area contributed by atoms with Crippen LogP contribution in [0.3, 0.4) is 0 Å². The van der Waals surface area contributed by atoms with Crippen LogP contribution in [0, 0.1) is 0 Å². The third-order valence-electron chi connectivity index (χ3n) is 7.28. The molecule has 0 aromatic heterocycles. The molecule has 0 saturated heterocycles. The molecule has 3 aromatic rings. The number of carbonyl (C=O) groups excluding carboxylic acids is 1. The van der Waals surface area contributed by atoms with Crippen molar-refractivity contribution in [2.75, 3.05) is 0 Å². The van der Waals surface area contributed by atoms with Crippen LogP contribution in [0.15, 0.2) is 107 Å². The predicted octanol–water partition coefficient (Wildman–Crippen LogP) is 7.35. The molecule has 38 heavy (non-hydrogen) atoms. The van der Waals surface area contributed by atoms with E-state index in [1.807, 2.05) is 78.9 Å². The van der Waals surface area contributed by atoms with E-state index in [-0.39, 0.29) is 10.9 Å². The van der Waals surface area contributed by atoms with Crippen LogP contribution in [0.4, 0.5) is 0 Å². The zero-order valence-electron chi connectivity index (χ0n) is 22.6. The lowest BCUT2D eigenvalue weighted by atomic mass is 10.0. The highest BCUT2D eigenvalue weighted by atomic mass is 28.4. The molecule has 0 atom stereocenters. The van der Waals surface area contributed by atoms with Gasteiger partial charge in [0.25, 0.3) is 5.91 Å². The molecule has 2 aliphatic heterocycles. The van der Waals surface area contributed by atoms with Crippen LogP contribution in [-0.4, -0.2) is 30.7 Å². The molecule has 192 valence electrons. The lowest BCUT2D eigenvalue weighted by Crippen LogP contribution is -2.43. The fourth-order valence-corrected chi connectivity index (χ4v) is 5.14. The van der Waals surface area contributed by atoms with E-state index in [1.54, 1.807) is 11.1 Å². The van der Waals surface area contributed by atoms with E-state index < -0.39 is 8.32 Å². The van der Waals surface area contributed by atoms with Gasteiger partial charge in [-0.2, -0.15) is 0 Å². The zero-order valence-corrected chi connectivity index (χ0v) is 23.6. The molecule has 0 saturated carbocycles. The van der Waals surface area contributed by atoms with Gasteiger partial charge in [-0.3, -0.25) is 9.69 Å². The Morgan fingerprint density at radius 2 is 1.58 bits per heavy atom. The minimum Gasteiger partial charge on any atom is -0.543 e. The van der Waals surface area contributed by atoms with E-state index in [2.05, 4.69) is 46.0 Å². The number of benzene rings is 3. The largest absolute Gasteiger partial charge is 0.543 e. The van der Waals surface area contributed by atoms with Crippen LogP contribution in [0.25, 0.3) is 11.8 Å². The second-order valence-corrected chi connectivity index (χ2v) is 15.9. The maximum atomic E-state index is 13.5. The minimum absolute atomic E-state index is 0.0863. The fourth-order valence-electron chi connectivity index (χ4n) is 4.12. The molecular formula is C32H33N3O2Si. The Balaban J connectivity index is 1.53. The lowest BCUT2D eigenvalue weighted by Gasteiger charge is -2.36. The van der Waals surface area contributed by atoms with Gasteiger partial charge in [0.05, 0.1) is 11.4 Å². The van der Waals surface area contributed by atoms with E-state index >= 15 is 0 Å². The lowest BCUT2D eigenvalue weighted by molar-refractivity contribution is -0.120. The summed E-state index contributed by atoms with van der Waals surface area (Å²) in [4.78, 5) is 24.9. The normalized spacial score (nSPS) is 16.7. The summed E-state index contributed by atoms with van der Waals surface area (Å²) in [7, 11) is -2.01. The van der Waals surface area contributed by atoms with Gasteiger partial charge in [-0.15, -0.1) is 0 Å². The number of amidine groups is 1. The first kappa shape index (κ1) is 25.6. The summed E-state index contributed by atoms with van der Waals surface area (Å²) < 4.78 is 6.56. The third-order valence-corrected chi connectivity index (χ3v) is 11.6. The predicted molar refractivity (Wildman–Crippen MR) is 159 cm³/mol. The molecule has 2 aliphatic rings. The monoisotopic (exact) mass is 519 g/mol. The first-order valence-electron chi connectivity index (χ1n) is 12.9. The minimum atomic E-state index is -2.01. The molecule has 2 heterocycles. The van der Waals surface area contributed by atoms with Crippen molar-refractivity contribution in [2.45, 2.75) is 45.3 Å². The van der Waals surface area contributed by atoms with Gasteiger partial charge in [0.2, 0.25) is 8.32 Å². The van der Waals surface area contributed by atoms with Crippen molar-refractivity contribution < 1.29 is 9.22 Å². The molecule has 0 aliphatic carbocycles. The van der Waals surface area contributed by atoms with Gasteiger partial charge in [0.15, 0.2) is 5.84 Å². The summed E-state index contributed by atoms with van der Waals surface area (Å²) in [6.07, 6.45) is 4.20. The third kappa shape index (κ3) is 5.31. The van der Waals surface area contributed by atoms with E-state index in [0.29, 0.717) is 23.7 Å². The Kier molecular flexibility index (Phi) is 6.76. The van der Waals surface area contributed by atoms with Gasteiger partial charge in [0.1, 0.15) is 11.4 Å². The quantitative estimate of drug-likeness (QED) is 0.253. The molecule has 0 radical (unpaired) electrons. The average molecular weight is 520 g/mol. The first-order chi connectivity index (χ1) is 18.1. The van der Waals surface area contributed by atoms with Crippen LogP contribution in [0.1, 0.15) is 37.5 Å². The standard InChI is InChI=1S/C32H33N3O2Si/c1-32(2,3)38(4,5)37-26-18-12-17-25(21-26)29-22-35-30(27(33-29)19-23-13-8-6-9-14-23)34-28(31(35)36)20-24-15-10-7-11-16-24/h6-18,20-22H,19H2,1-5H3. The van der Waals surface area contributed by atoms with E-state index in [1.165, 1.54) is 0 Å². The van der Waals surface area contributed by atoms with Crippen LogP contribution in [-0.2, 0) is 11.2 Å². The molecule has 0 unspecified atom stereocenters. The number of aliphatic imine (C=N–C) groups is 2. The van der Waals surface area contributed by atoms with Crippen molar-refractivity contribution in [3.63, 3.8) is 0 Å². The summed E-state index contributed by atoms with van der Waals surface area (Å²) in [6.45, 7) is 11.2. The van der Waals surface area contributed by atoms with Crippen molar-refractivity contribution in [1.29, 1.82) is 0 Å². The molecule has 6 heteroatoms. The van der Waals surface area contributed by atoms with E-state index in [0.717, 1.165) is 28.2 Å². The van der Waals surface area contributed by atoms with Crippen molar-refractivity contribution in [2.24, 2.45) is 9.98 Å². The summed E-state index contributed by atoms with van der Waals surface area (Å²) >= 11 is 0. The molecule has 5 rings (SSSR count). The Morgan fingerprint density at radius 1 is 0.895 bits per heavy atom. The second kappa shape index (κ2) is 10.0. The summed E-state index contributed by atoms with van der Waals surface area (Å²) in [6, 6.07) is 28.0. The number of hydrogen-bond donors (Lipinski definition) is 0. The van der Waals surface area contributed by atoms with Gasteiger partial charge in [-0.05, 0) is 47.5 Å². The number of fused-ring (bicyclic) bond motifs is 1. The number of rotatable bonds is 6. The molecule has 5 nitrogen and oxygen atoms in total. The summed E-state index contributed by atoms with van der Waals surface area (Å²) in [5, 5.41) is 0.0863. The molecule has 0 fully saturated rings. The maximum absolute atomic E-state index is 13.5. The molecular weight excluding hydrogens is 486 g/mol. The van der Waals surface area contributed by atoms with Crippen molar-refractivity contribution in [3.05, 3.63) is 114 Å². The van der Waals surface area contributed by atoms with Crippen LogP contribution < -0.4 is 4.43 Å². The molecule has 0 bridgehead atoms. The maximum Gasteiger partial charge on any atom is 0.282 e. The average Bonchev–Trinajstić information content (AvgIpc) is 3.20. The van der Waals surface area contributed by atoms with Gasteiger partial charge in [0, 0.05) is 18.2 Å². The smallest absolute Gasteiger partial charge is 0.282 e. The summed E-state index contributed by atoms with van der Waals surface area (Å²) in [5.74, 6) is 1.25. The van der Waals surface area contributed by atoms with Gasteiger partial charge in [-0.25, -0.2) is 9.98 Å². The first-order valence-corrected chi connectivity index (χ1v) is 15.8. The van der Waals surface area contributed by atoms with Crippen molar-refractivity contribution >= 4 is 37.5 Å². The van der Waals surface area contributed by atoms with Gasteiger partial charge < -0.3 is 4.43 Å². The molecule has 0 N–H and O–H groups in total. The molecule has 1 amide bonds. The Bertz CT molecular complexity index is 1480. The van der Waals surface area contributed by atoms with Crippen LogP contribution in [0.2, 0.25) is 18.1 Å². The number of amides is 1. The van der Waals surface area contributed by atoms with Crippen LogP contribution >= 0.6 is 0 Å². The molecule has 0 spiro atoms. The number of hydrogen-bond acceptors (Lipinski definition) is 4. The van der Waals surface area contributed by atoms with E-state index in [9.17, 15) is 4.79 Å². The van der Waals surface area contributed by atoms with E-state index in [4.69, 9.17) is 14.4 Å². The number of carbonyl (C=O) groups is 1. The SMILES string of the molecule is CC(C)(C)[Si](C)(C)Oc1cccc(C2=CN3C(=O)C(=Cc4ccccc4)N=C3C(Cc3ccccc3)=N2)c1. The Morgan fingerprint density at radius 3 is 2.26 bits per heavy atom. The zero-order chi connectivity index (χ0) is 26.9. The van der Waals surface area contributed by atoms with Crippen molar-refractivity contribution in [1.82, 2.24) is 4.90 Å². The Labute approximate surface area is 226 Å². The summed E-state index contributed by atoms with van der Waals surface area (Å²) in [5.41, 5.74) is 4.82. The highest BCUT2D eigenvalue weighted by Crippen LogP contribution is 2.38. The van der Waals surface area contributed by atoms with Crippen molar-refractivity contribution in [3.8, 4) is 5.75 Å². The fraction of sp³-hybridized carbons (Fsp3) is 0.219. The van der Waals surface area contributed by atoms with Gasteiger partial charge >= 0.3 is 0 Å². The van der Waals surface area contributed by atoms with Gasteiger partial charge in [-0.1, -0.05) is 93.6 Å².